The molecule has 1 aliphatic rings. The van der Waals surface area contributed by atoms with Gasteiger partial charge in [0.15, 0.2) is 0 Å². The first kappa shape index (κ1) is 12.8. The predicted octanol–water partition coefficient (Wildman–Crippen LogP) is 5.05. The molecular formula is C15H28. The van der Waals surface area contributed by atoms with Gasteiger partial charge < -0.3 is 0 Å². The van der Waals surface area contributed by atoms with E-state index in [9.17, 15) is 0 Å². The molecule has 1 aliphatic carbocycles. The highest BCUT2D eigenvalue weighted by Crippen LogP contribution is 2.43. The van der Waals surface area contributed by atoms with Crippen molar-refractivity contribution >= 4 is 0 Å². The zero-order chi connectivity index (χ0) is 11.7. The molecule has 1 fully saturated rings. The summed E-state index contributed by atoms with van der Waals surface area (Å²) in [6.07, 6.45) is 9.22. The topological polar surface area (TPSA) is 0 Å². The minimum atomic E-state index is 0.327. The summed E-state index contributed by atoms with van der Waals surface area (Å²) in [4.78, 5) is 0. The van der Waals surface area contributed by atoms with Crippen LogP contribution in [0.25, 0.3) is 0 Å². The Hall–Kier alpha value is -0.260. The van der Waals surface area contributed by atoms with Crippen molar-refractivity contribution in [3.8, 4) is 0 Å². The molecule has 0 aliphatic heterocycles. The van der Waals surface area contributed by atoms with Crippen LogP contribution in [0.3, 0.4) is 0 Å². The van der Waals surface area contributed by atoms with Crippen LogP contribution in [0.5, 0.6) is 0 Å². The zero-order valence-electron chi connectivity index (χ0n) is 11.4. The van der Waals surface area contributed by atoms with Crippen LogP contribution in [0.2, 0.25) is 0 Å². The molecule has 0 aromatic rings. The van der Waals surface area contributed by atoms with Crippen LogP contribution in [0.1, 0.15) is 60.8 Å². The van der Waals surface area contributed by atoms with E-state index in [1.54, 1.807) is 0 Å². The molecule has 1 saturated carbocycles. The van der Waals surface area contributed by atoms with Gasteiger partial charge in [0, 0.05) is 0 Å². The summed E-state index contributed by atoms with van der Waals surface area (Å²) >= 11 is 0. The number of hydrogen-bond donors (Lipinski definition) is 0. The van der Waals surface area contributed by atoms with Gasteiger partial charge in [0.1, 0.15) is 0 Å². The smallest absolute Gasteiger partial charge is 0.0156 e. The maximum atomic E-state index is 2.49. The lowest BCUT2D eigenvalue weighted by atomic mass is 9.65. The van der Waals surface area contributed by atoms with E-state index in [1.165, 1.54) is 19.3 Å². The Labute approximate surface area is 96.2 Å². The van der Waals surface area contributed by atoms with Crippen molar-refractivity contribution in [1.82, 2.24) is 0 Å². The van der Waals surface area contributed by atoms with Crippen molar-refractivity contribution in [3.05, 3.63) is 12.2 Å². The maximum absolute atomic E-state index is 2.49. The molecule has 15 heavy (non-hydrogen) atoms. The zero-order valence-corrected chi connectivity index (χ0v) is 11.4. The maximum Gasteiger partial charge on any atom is -0.0156 e. The van der Waals surface area contributed by atoms with Gasteiger partial charge in [-0.1, -0.05) is 60.1 Å². The molecule has 0 aromatic carbocycles. The van der Waals surface area contributed by atoms with Crippen LogP contribution in [-0.2, 0) is 0 Å². The molecule has 0 N–H and O–H groups in total. The molecular weight excluding hydrogens is 180 g/mol. The van der Waals surface area contributed by atoms with Gasteiger partial charge in [0.05, 0.1) is 0 Å². The van der Waals surface area contributed by atoms with Gasteiger partial charge in [-0.25, -0.2) is 0 Å². The highest BCUT2D eigenvalue weighted by molar-refractivity contribution is 5.02. The van der Waals surface area contributed by atoms with Gasteiger partial charge >= 0.3 is 0 Å². The Morgan fingerprint density at radius 3 is 1.80 bits per heavy atom. The van der Waals surface area contributed by atoms with E-state index in [-0.39, 0.29) is 0 Å². The first-order valence-corrected chi connectivity index (χ1v) is 6.39. The van der Waals surface area contributed by atoms with Crippen LogP contribution in [0, 0.1) is 22.7 Å². The Morgan fingerprint density at radius 2 is 1.53 bits per heavy atom. The molecule has 0 nitrogen and oxygen atoms in total. The summed E-state index contributed by atoms with van der Waals surface area (Å²) in [5.41, 5.74) is 0.750. The van der Waals surface area contributed by atoms with E-state index in [0.29, 0.717) is 10.8 Å². The molecule has 88 valence electrons. The summed E-state index contributed by atoms with van der Waals surface area (Å²) in [7, 11) is 0. The second kappa shape index (κ2) is 4.31. The average molecular weight is 208 g/mol. The van der Waals surface area contributed by atoms with Crippen LogP contribution < -0.4 is 0 Å². The third kappa shape index (κ3) is 4.01. The number of hydrogen-bond acceptors (Lipinski definition) is 0. The molecule has 1 unspecified atom stereocenters. The second-order valence-corrected chi connectivity index (χ2v) is 7.31. The first-order chi connectivity index (χ1) is 6.70. The van der Waals surface area contributed by atoms with E-state index in [1.807, 2.05) is 0 Å². The molecule has 0 amide bonds. The van der Waals surface area contributed by atoms with Crippen LogP contribution in [0.15, 0.2) is 12.2 Å². The highest BCUT2D eigenvalue weighted by Gasteiger charge is 2.33. The van der Waals surface area contributed by atoms with Crippen molar-refractivity contribution in [3.63, 3.8) is 0 Å². The molecule has 0 aromatic heterocycles. The normalized spacial score (nSPS) is 21.7. The van der Waals surface area contributed by atoms with Crippen LogP contribution in [0.4, 0.5) is 0 Å². The van der Waals surface area contributed by atoms with E-state index >= 15 is 0 Å². The summed E-state index contributed by atoms with van der Waals surface area (Å²) in [6, 6.07) is 0. The van der Waals surface area contributed by atoms with Crippen molar-refractivity contribution < 1.29 is 0 Å². The quantitative estimate of drug-likeness (QED) is 0.557. The number of rotatable bonds is 2. The Kier molecular flexibility index (Phi) is 3.68. The molecule has 0 saturated heterocycles. The van der Waals surface area contributed by atoms with E-state index < -0.39 is 0 Å². The van der Waals surface area contributed by atoms with E-state index in [0.717, 1.165) is 11.8 Å². The third-order valence-corrected chi connectivity index (χ3v) is 3.46. The van der Waals surface area contributed by atoms with Gasteiger partial charge in [-0.3, -0.25) is 0 Å². The summed E-state index contributed by atoms with van der Waals surface area (Å²) in [6.45, 7) is 14.0. The molecule has 0 heterocycles. The highest BCUT2D eigenvalue weighted by atomic mass is 14.4. The molecule has 0 bridgehead atoms. The lowest BCUT2D eigenvalue weighted by molar-refractivity contribution is 0.136. The minimum absolute atomic E-state index is 0.327. The fourth-order valence-electron chi connectivity index (χ4n) is 2.34. The van der Waals surface area contributed by atoms with Gasteiger partial charge in [-0.15, -0.1) is 0 Å². The average Bonchev–Trinajstić information content (AvgIpc) is 1.88. The fourth-order valence-corrected chi connectivity index (χ4v) is 2.34. The van der Waals surface area contributed by atoms with Crippen molar-refractivity contribution in [2.24, 2.45) is 22.7 Å². The summed E-state index contributed by atoms with van der Waals surface area (Å²) in [5, 5.41) is 0. The summed E-state index contributed by atoms with van der Waals surface area (Å²) < 4.78 is 0. The van der Waals surface area contributed by atoms with Gasteiger partial charge in [0.25, 0.3) is 0 Å². The fraction of sp³-hybridized carbons (Fsp3) is 0.867. The molecule has 1 rings (SSSR count). The van der Waals surface area contributed by atoms with Gasteiger partial charge in [-0.05, 0) is 35.5 Å². The Balaban J connectivity index is 2.69. The largest absolute Gasteiger partial charge is 0.0841 e. The molecule has 0 spiro atoms. The standard InChI is InChI=1S/C15H28/c1-14(2,3)11-10-13(15(4,5)6)12-8-7-9-12/h10-13H,7-9H2,1-6H3/b11-10+. The number of allylic oxidation sites excluding steroid dienone is 2. The Morgan fingerprint density at radius 1 is 1.00 bits per heavy atom. The SMILES string of the molecule is CC(C)(C)/C=C/C(C1CCC1)C(C)(C)C. The lowest BCUT2D eigenvalue weighted by Gasteiger charge is -2.40. The van der Waals surface area contributed by atoms with Crippen LogP contribution in [-0.4, -0.2) is 0 Å². The van der Waals surface area contributed by atoms with E-state index in [2.05, 4.69) is 53.7 Å². The van der Waals surface area contributed by atoms with Crippen molar-refractivity contribution in [1.29, 1.82) is 0 Å². The van der Waals surface area contributed by atoms with Gasteiger partial charge in [-0.2, -0.15) is 0 Å². The van der Waals surface area contributed by atoms with Gasteiger partial charge in [0.2, 0.25) is 0 Å². The van der Waals surface area contributed by atoms with Crippen molar-refractivity contribution in [2.75, 3.05) is 0 Å². The van der Waals surface area contributed by atoms with Crippen LogP contribution >= 0.6 is 0 Å². The monoisotopic (exact) mass is 208 g/mol. The summed E-state index contributed by atoms with van der Waals surface area (Å²) in [5.74, 6) is 1.72. The minimum Gasteiger partial charge on any atom is -0.0841 e. The second-order valence-electron chi connectivity index (χ2n) is 7.31. The molecule has 0 heteroatoms. The third-order valence-electron chi connectivity index (χ3n) is 3.46. The van der Waals surface area contributed by atoms with Crippen molar-refractivity contribution in [2.45, 2.75) is 60.8 Å². The molecule has 1 atom stereocenters. The first-order valence-electron chi connectivity index (χ1n) is 6.39. The predicted molar refractivity (Wildman–Crippen MR) is 68.9 cm³/mol. The van der Waals surface area contributed by atoms with E-state index in [4.69, 9.17) is 0 Å². The lowest BCUT2D eigenvalue weighted by Crippen LogP contribution is -2.31. The Bertz CT molecular complexity index is 217. The molecule has 0 radical (unpaired) electrons.